The molecule has 1 amide bonds. The summed E-state index contributed by atoms with van der Waals surface area (Å²) in [5, 5.41) is 8.54. The van der Waals surface area contributed by atoms with Crippen LogP contribution in [0.3, 0.4) is 0 Å². The number of benzene rings is 2. The largest absolute Gasteiger partial charge is 0.489 e. The Morgan fingerprint density at radius 2 is 1.97 bits per heavy atom. The summed E-state index contributed by atoms with van der Waals surface area (Å²) in [6.45, 7) is 3.52. The number of ether oxygens (including phenoxy) is 2. The molecule has 0 spiro atoms. The van der Waals surface area contributed by atoms with Gasteiger partial charge in [-0.2, -0.15) is 5.10 Å². The molecule has 8 heteroatoms. The predicted molar refractivity (Wildman–Crippen MR) is 110 cm³/mol. The van der Waals surface area contributed by atoms with Crippen LogP contribution in [0.2, 0.25) is 5.02 Å². The fraction of sp³-hybridized carbons (Fsp3) is 0.286. The highest BCUT2D eigenvalue weighted by atomic mass is 35.5. The lowest BCUT2D eigenvalue weighted by atomic mass is 10.1. The van der Waals surface area contributed by atoms with E-state index in [1.54, 1.807) is 30.3 Å². The van der Waals surface area contributed by atoms with Gasteiger partial charge in [-0.25, -0.2) is 4.68 Å². The van der Waals surface area contributed by atoms with Gasteiger partial charge in [0.05, 0.1) is 23.6 Å². The minimum absolute atomic E-state index is 0.211. The number of rotatable bonds is 4. The van der Waals surface area contributed by atoms with Crippen molar-refractivity contribution in [1.29, 1.82) is 0 Å². The number of hydrogen-bond donors (Lipinski definition) is 1. The fourth-order valence-electron chi connectivity index (χ4n) is 3.27. The van der Waals surface area contributed by atoms with Crippen LogP contribution < -0.4 is 20.3 Å². The molecule has 1 aliphatic heterocycles. The van der Waals surface area contributed by atoms with E-state index in [0.717, 1.165) is 12.0 Å². The van der Waals surface area contributed by atoms with E-state index in [1.807, 2.05) is 13.0 Å². The summed E-state index contributed by atoms with van der Waals surface area (Å²) in [5.41, 5.74) is 0.776. The van der Waals surface area contributed by atoms with Gasteiger partial charge in [-0.3, -0.25) is 9.59 Å². The van der Waals surface area contributed by atoms with Crippen LogP contribution in [-0.4, -0.2) is 28.9 Å². The molecule has 3 aromatic rings. The second-order valence-corrected chi connectivity index (χ2v) is 7.06. The molecule has 150 valence electrons. The topological polar surface area (TPSA) is 82.5 Å². The van der Waals surface area contributed by atoms with Crippen molar-refractivity contribution in [3.8, 4) is 11.5 Å². The van der Waals surface area contributed by atoms with E-state index in [0.29, 0.717) is 47.1 Å². The molecule has 1 N–H and O–H groups in total. The van der Waals surface area contributed by atoms with Crippen molar-refractivity contribution in [3.05, 3.63) is 63.0 Å². The van der Waals surface area contributed by atoms with Gasteiger partial charge in [0.2, 0.25) is 0 Å². The lowest BCUT2D eigenvalue weighted by molar-refractivity contribution is 0.0945. The van der Waals surface area contributed by atoms with E-state index in [-0.39, 0.29) is 23.7 Å². The Morgan fingerprint density at radius 3 is 2.76 bits per heavy atom. The molecule has 0 saturated heterocycles. The number of carbonyl (C=O) groups is 1. The first kappa shape index (κ1) is 19.3. The first-order valence-corrected chi connectivity index (χ1v) is 9.82. The summed E-state index contributed by atoms with van der Waals surface area (Å²) in [4.78, 5) is 25.3. The van der Waals surface area contributed by atoms with Crippen LogP contribution in [0, 0.1) is 0 Å². The average molecular weight is 414 g/mol. The molecular formula is C21H20ClN3O4. The maximum Gasteiger partial charge on any atom is 0.274 e. The zero-order chi connectivity index (χ0) is 20.4. The Hall–Kier alpha value is -3.06. The summed E-state index contributed by atoms with van der Waals surface area (Å²) in [7, 11) is 0. The third-order valence-electron chi connectivity index (χ3n) is 4.70. The summed E-state index contributed by atoms with van der Waals surface area (Å²) in [5.74, 6) is 0.732. The molecule has 1 aliphatic rings. The monoisotopic (exact) mass is 413 g/mol. The Bertz CT molecular complexity index is 1140. The van der Waals surface area contributed by atoms with Crippen molar-refractivity contribution in [2.75, 3.05) is 13.2 Å². The van der Waals surface area contributed by atoms with Crippen LogP contribution >= 0.6 is 11.6 Å². The molecular weight excluding hydrogens is 394 g/mol. The van der Waals surface area contributed by atoms with Gasteiger partial charge in [-0.1, -0.05) is 29.8 Å². The molecule has 7 nitrogen and oxygen atoms in total. The standard InChI is InChI=1S/C21H20ClN3O4/c1-2-25-21(27)15-7-4-3-6-14(15)18(24-25)20(26)23-12-13-10-16(22)19-17(11-13)28-8-5-9-29-19/h3-4,6-7,10-11H,2,5,8-9,12H2,1H3,(H,23,26). The maximum absolute atomic E-state index is 12.9. The number of hydrogen-bond acceptors (Lipinski definition) is 5. The van der Waals surface area contributed by atoms with Crippen LogP contribution in [0.4, 0.5) is 0 Å². The maximum atomic E-state index is 12.9. The molecule has 0 fully saturated rings. The van der Waals surface area contributed by atoms with E-state index < -0.39 is 0 Å². The normalized spacial score (nSPS) is 13.2. The van der Waals surface area contributed by atoms with Gasteiger partial charge in [0.1, 0.15) is 0 Å². The highest BCUT2D eigenvalue weighted by molar-refractivity contribution is 6.32. The second-order valence-electron chi connectivity index (χ2n) is 6.65. The Labute approximate surface area is 172 Å². The van der Waals surface area contributed by atoms with Gasteiger partial charge in [-0.15, -0.1) is 0 Å². The van der Waals surface area contributed by atoms with Gasteiger partial charge in [0, 0.05) is 24.9 Å². The molecule has 2 aromatic carbocycles. The molecule has 2 heterocycles. The first-order chi connectivity index (χ1) is 14.1. The number of nitrogens with one attached hydrogen (secondary N) is 1. The molecule has 0 aliphatic carbocycles. The predicted octanol–water partition coefficient (Wildman–Crippen LogP) is 3.16. The zero-order valence-corrected chi connectivity index (χ0v) is 16.7. The third kappa shape index (κ3) is 3.78. The van der Waals surface area contributed by atoms with Gasteiger partial charge < -0.3 is 14.8 Å². The highest BCUT2D eigenvalue weighted by Gasteiger charge is 2.18. The van der Waals surface area contributed by atoms with E-state index >= 15 is 0 Å². The van der Waals surface area contributed by atoms with E-state index in [2.05, 4.69) is 10.4 Å². The molecule has 0 radical (unpaired) electrons. The quantitative estimate of drug-likeness (QED) is 0.710. The van der Waals surface area contributed by atoms with Crippen molar-refractivity contribution in [1.82, 2.24) is 15.1 Å². The SMILES string of the molecule is CCn1nc(C(=O)NCc2cc(Cl)c3c(c2)OCCCO3)c2ccccc2c1=O. The molecule has 0 atom stereocenters. The molecule has 0 bridgehead atoms. The number of aromatic nitrogens is 2. The number of nitrogens with zero attached hydrogens (tertiary/aromatic N) is 2. The van der Waals surface area contributed by atoms with E-state index in [9.17, 15) is 9.59 Å². The van der Waals surface area contributed by atoms with Crippen LogP contribution in [0.5, 0.6) is 11.5 Å². The van der Waals surface area contributed by atoms with Gasteiger partial charge in [0.15, 0.2) is 17.2 Å². The van der Waals surface area contributed by atoms with Crippen molar-refractivity contribution < 1.29 is 14.3 Å². The van der Waals surface area contributed by atoms with Crippen molar-refractivity contribution >= 4 is 28.3 Å². The average Bonchev–Trinajstić information content (AvgIpc) is 2.98. The number of carbonyl (C=O) groups excluding carboxylic acids is 1. The molecule has 4 rings (SSSR count). The van der Waals surface area contributed by atoms with Crippen LogP contribution in [0.25, 0.3) is 10.8 Å². The Kier molecular flexibility index (Phi) is 5.40. The summed E-state index contributed by atoms with van der Waals surface area (Å²) in [6, 6.07) is 10.5. The third-order valence-corrected chi connectivity index (χ3v) is 4.98. The van der Waals surface area contributed by atoms with Crippen LogP contribution in [0.15, 0.2) is 41.2 Å². The number of halogens is 1. The minimum atomic E-state index is -0.369. The van der Waals surface area contributed by atoms with Crippen LogP contribution in [-0.2, 0) is 13.1 Å². The van der Waals surface area contributed by atoms with Crippen LogP contribution in [0.1, 0.15) is 29.4 Å². The first-order valence-electron chi connectivity index (χ1n) is 9.44. The smallest absolute Gasteiger partial charge is 0.274 e. The van der Waals surface area contributed by atoms with Gasteiger partial charge in [0.25, 0.3) is 11.5 Å². The summed E-state index contributed by atoms with van der Waals surface area (Å²) in [6.07, 6.45) is 0.781. The second kappa shape index (κ2) is 8.13. The number of amides is 1. The van der Waals surface area contributed by atoms with E-state index in [4.69, 9.17) is 21.1 Å². The lowest BCUT2D eigenvalue weighted by Gasteiger charge is -2.13. The molecule has 0 saturated carbocycles. The number of aryl methyl sites for hydroxylation is 1. The molecule has 29 heavy (non-hydrogen) atoms. The van der Waals surface area contributed by atoms with E-state index in [1.165, 1.54) is 4.68 Å². The Morgan fingerprint density at radius 1 is 1.21 bits per heavy atom. The minimum Gasteiger partial charge on any atom is -0.489 e. The molecule has 0 unspecified atom stereocenters. The molecule has 1 aromatic heterocycles. The summed E-state index contributed by atoms with van der Waals surface area (Å²) >= 11 is 6.32. The lowest BCUT2D eigenvalue weighted by Crippen LogP contribution is -2.30. The number of fused-ring (bicyclic) bond motifs is 2. The summed E-state index contributed by atoms with van der Waals surface area (Å²) < 4.78 is 12.6. The van der Waals surface area contributed by atoms with Gasteiger partial charge >= 0.3 is 0 Å². The zero-order valence-electron chi connectivity index (χ0n) is 15.9. The fourth-order valence-corrected chi connectivity index (χ4v) is 3.56. The van der Waals surface area contributed by atoms with Gasteiger partial charge in [-0.05, 0) is 30.7 Å². The van der Waals surface area contributed by atoms with Crippen molar-refractivity contribution in [2.45, 2.75) is 26.4 Å². The van der Waals surface area contributed by atoms with Crippen molar-refractivity contribution in [3.63, 3.8) is 0 Å². The highest BCUT2D eigenvalue weighted by Crippen LogP contribution is 2.37. The van der Waals surface area contributed by atoms with Crippen molar-refractivity contribution in [2.24, 2.45) is 0 Å². The Balaban J connectivity index is 1.61.